The zero-order valence-corrected chi connectivity index (χ0v) is 19.7. The van der Waals surface area contributed by atoms with Crippen LogP contribution >= 0.6 is 23.2 Å². The maximum absolute atomic E-state index is 13.0. The van der Waals surface area contributed by atoms with Gasteiger partial charge in [0.05, 0.1) is 24.4 Å². The summed E-state index contributed by atoms with van der Waals surface area (Å²) < 4.78 is 16.7. The summed E-state index contributed by atoms with van der Waals surface area (Å²) in [6.45, 7) is 7.09. The number of hydrogen-bond donors (Lipinski definition) is 0. The van der Waals surface area contributed by atoms with Crippen LogP contribution in [-0.4, -0.2) is 52.9 Å². The van der Waals surface area contributed by atoms with Crippen LogP contribution in [0.4, 0.5) is 4.79 Å². The number of rotatable bonds is 5. The lowest BCUT2D eigenvalue weighted by Gasteiger charge is -2.35. The molecule has 1 saturated heterocycles. The fourth-order valence-electron chi connectivity index (χ4n) is 3.38. The van der Waals surface area contributed by atoms with Crippen LogP contribution in [0.2, 0.25) is 10.2 Å². The number of halogens is 2. The van der Waals surface area contributed by atoms with Crippen molar-refractivity contribution in [1.82, 2.24) is 14.9 Å². The van der Waals surface area contributed by atoms with Gasteiger partial charge in [-0.2, -0.15) is 0 Å². The quantitative estimate of drug-likeness (QED) is 0.549. The summed E-state index contributed by atoms with van der Waals surface area (Å²) in [5.41, 5.74) is 1.42. The minimum absolute atomic E-state index is 0.0152. The number of carbonyl (C=O) groups excluding carboxylic acids is 1. The van der Waals surface area contributed by atoms with Gasteiger partial charge in [-0.05, 0) is 51.8 Å². The van der Waals surface area contributed by atoms with Gasteiger partial charge in [-0.1, -0.05) is 23.2 Å². The third-order valence-electron chi connectivity index (χ3n) is 4.86. The van der Waals surface area contributed by atoms with Crippen LogP contribution in [-0.2, 0) is 16.0 Å². The SMILES string of the molecule is COc1nc(-c2ccnc(Cl)c2Cl)ccc1CN(C(=O)OC(C)(C)C)C1CCOCC1. The van der Waals surface area contributed by atoms with Crippen LogP contribution in [0, 0.1) is 0 Å². The molecular weight excluding hydrogens is 441 g/mol. The monoisotopic (exact) mass is 467 g/mol. The van der Waals surface area contributed by atoms with Gasteiger partial charge >= 0.3 is 6.09 Å². The smallest absolute Gasteiger partial charge is 0.410 e. The summed E-state index contributed by atoms with van der Waals surface area (Å²) in [6.07, 6.45) is 2.70. The molecular formula is C22H27Cl2N3O4. The lowest BCUT2D eigenvalue weighted by atomic mass is 10.1. The molecule has 0 radical (unpaired) electrons. The molecule has 0 unspecified atom stereocenters. The first-order chi connectivity index (χ1) is 14.7. The van der Waals surface area contributed by atoms with Crippen LogP contribution in [0.15, 0.2) is 24.4 Å². The number of aromatic nitrogens is 2. The van der Waals surface area contributed by atoms with Crippen molar-refractivity contribution in [3.05, 3.63) is 40.1 Å². The fraction of sp³-hybridized carbons (Fsp3) is 0.500. The molecule has 0 spiro atoms. The Hall–Kier alpha value is -2.09. The van der Waals surface area contributed by atoms with Crippen LogP contribution < -0.4 is 4.74 Å². The van der Waals surface area contributed by atoms with Crippen LogP contribution in [0.25, 0.3) is 11.3 Å². The van der Waals surface area contributed by atoms with E-state index in [0.29, 0.717) is 41.9 Å². The Bertz CT molecular complexity index is 927. The van der Waals surface area contributed by atoms with Gasteiger partial charge in [-0.15, -0.1) is 0 Å². The van der Waals surface area contributed by atoms with Crippen molar-refractivity contribution in [2.45, 2.75) is 51.8 Å². The molecule has 2 aromatic rings. The van der Waals surface area contributed by atoms with Crippen molar-refractivity contribution in [1.29, 1.82) is 0 Å². The average Bonchev–Trinajstić information content (AvgIpc) is 2.73. The van der Waals surface area contributed by atoms with Crippen LogP contribution in [0.5, 0.6) is 5.88 Å². The van der Waals surface area contributed by atoms with Crippen LogP contribution in [0.1, 0.15) is 39.2 Å². The highest BCUT2D eigenvalue weighted by Gasteiger charge is 2.30. The molecule has 0 atom stereocenters. The number of ether oxygens (including phenoxy) is 3. The van der Waals surface area contributed by atoms with E-state index in [1.54, 1.807) is 24.3 Å². The van der Waals surface area contributed by atoms with E-state index in [1.807, 2.05) is 32.9 Å². The first-order valence-corrected chi connectivity index (χ1v) is 10.9. The molecule has 9 heteroatoms. The van der Waals surface area contributed by atoms with E-state index in [4.69, 9.17) is 37.4 Å². The third-order valence-corrected chi connectivity index (χ3v) is 5.62. The van der Waals surface area contributed by atoms with E-state index in [9.17, 15) is 4.79 Å². The summed E-state index contributed by atoms with van der Waals surface area (Å²) in [4.78, 5) is 23.3. The number of amides is 1. The highest BCUT2D eigenvalue weighted by atomic mass is 35.5. The van der Waals surface area contributed by atoms with Crippen molar-refractivity contribution in [3.63, 3.8) is 0 Å². The van der Waals surface area contributed by atoms with Gasteiger partial charge in [0.15, 0.2) is 0 Å². The Balaban J connectivity index is 1.91. The Morgan fingerprint density at radius 3 is 2.58 bits per heavy atom. The van der Waals surface area contributed by atoms with E-state index < -0.39 is 5.60 Å². The number of hydrogen-bond acceptors (Lipinski definition) is 6. The molecule has 0 N–H and O–H groups in total. The first-order valence-electron chi connectivity index (χ1n) is 10.1. The van der Waals surface area contributed by atoms with Gasteiger partial charge in [0.2, 0.25) is 5.88 Å². The molecule has 1 aliphatic rings. The van der Waals surface area contributed by atoms with Gasteiger partial charge in [-0.3, -0.25) is 0 Å². The summed E-state index contributed by atoms with van der Waals surface area (Å²) in [7, 11) is 1.54. The van der Waals surface area contributed by atoms with Crippen molar-refractivity contribution in [3.8, 4) is 17.1 Å². The predicted octanol–water partition coefficient (Wildman–Crippen LogP) is 5.38. The largest absolute Gasteiger partial charge is 0.481 e. The molecule has 3 rings (SSSR count). The number of nitrogens with zero attached hydrogens (tertiary/aromatic N) is 3. The Labute approximate surface area is 192 Å². The van der Waals surface area contributed by atoms with Gasteiger partial charge in [0.1, 0.15) is 10.8 Å². The fourth-order valence-corrected chi connectivity index (χ4v) is 3.74. The minimum Gasteiger partial charge on any atom is -0.481 e. The molecule has 31 heavy (non-hydrogen) atoms. The van der Waals surface area contributed by atoms with Gasteiger partial charge in [0, 0.05) is 36.6 Å². The van der Waals surface area contributed by atoms with Crippen molar-refractivity contribution in [2.75, 3.05) is 20.3 Å². The number of pyridine rings is 2. The molecule has 168 valence electrons. The van der Waals surface area contributed by atoms with Gasteiger partial charge in [0.25, 0.3) is 0 Å². The summed E-state index contributed by atoms with van der Waals surface area (Å²) >= 11 is 12.3. The lowest BCUT2D eigenvalue weighted by Crippen LogP contribution is -2.45. The Morgan fingerprint density at radius 2 is 1.94 bits per heavy atom. The van der Waals surface area contributed by atoms with Crippen molar-refractivity contribution in [2.24, 2.45) is 0 Å². The second-order valence-corrected chi connectivity index (χ2v) is 9.02. The minimum atomic E-state index is -0.593. The maximum atomic E-state index is 13.0. The number of carbonyl (C=O) groups is 1. The molecule has 1 fully saturated rings. The molecule has 2 aromatic heterocycles. The summed E-state index contributed by atoms with van der Waals surface area (Å²) in [5.74, 6) is 0.405. The molecule has 0 bridgehead atoms. The maximum Gasteiger partial charge on any atom is 0.410 e. The second kappa shape index (κ2) is 10.0. The van der Waals surface area contributed by atoms with Gasteiger partial charge in [-0.25, -0.2) is 14.8 Å². The molecule has 7 nitrogen and oxygen atoms in total. The molecule has 0 aliphatic carbocycles. The second-order valence-electron chi connectivity index (χ2n) is 8.28. The predicted molar refractivity (Wildman–Crippen MR) is 120 cm³/mol. The topological polar surface area (TPSA) is 73.8 Å². The van der Waals surface area contributed by atoms with E-state index >= 15 is 0 Å². The van der Waals surface area contributed by atoms with Gasteiger partial charge < -0.3 is 19.1 Å². The molecule has 1 aliphatic heterocycles. The Morgan fingerprint density at radius 1 is 1.23 bits per heavy atom. The summed E-state index contributed by atoms with van der Waals surface area (Å²) in [5, 5.41) is 0.531. The number of methoxy groups -OCH3 is 1. The normalized spacial score (nSPS) is 14.9. The highest BCUT2D eigenvalue weighted by Crippen LogP contribution is 2.33. The van der Waals surface area contributed by atoms with E-state index in [0.717, 1.165) is 18.4 Å². The first kappa shape index (κ1) is 23.6. The lowest BCUT2D eigenvalue weighted by molar-refractivity contribution is -0.00825. The molecule has 1 amide bonds. The molecule has 3 heterocycles. The van der Waals surface area contributed by atoms with E-state index in [2.05, 4.69) is 9.97 Å². The Kier molecular flexibility index (Phi) is 7.62. The average molecular weight is 468 g/mol. The molecule has 0 aromatic carbocycles. The molecule has 0 saturated carbocycles. The zero-order chi connectivity index (χ0) is 22.6. The van der Waals surface area contributed by atoms with Crippen molar-refractivity contribution < 1.29 is 19.0 Å². The highest BCUT2D eigenvalue weighted by molar-refractivity contribution is 6.42. The van der Waals surface area contributed by atoms with E-state index in [-0.39, 0.29) is 17.3 Å². The summed E-state index contributed by atoms with van der Waals surface area (Å²) in [6, 6.07) is 5.46. The third kappa shape index (κ3) is 5.99. The van der Waals surface area contributed by atoms with E-state index in [1.165, 1.54) is 0 Å². The standard InChI is InChI=1S/C22H27Cl2N3O4/c1-22(2,3)31-21(28)27(15-8-11-30-12-9-15)13-14-5-6-17(26-20(14)29-4)16-7-10-25-19(24)18(16)23/h5-7,10,15H,8-9,11-13H2,1-4H3. The van der Waals surface area contributed by atoms with Crippen molar-refractivity contribution >= 4 is 29.3 Å². The van der Waals surface area contributed by atoms with Crippen LogP contribution in [0.3, 0.4) is 0 Å². The zero-order valence-electron chi connectivity index (χ0n) is 18.2.